The van der Waals surface area contributed by atoms with Gasteiger partial charge in [0.05, 0.1) is 0 Å². The van der Waals surface area contributed by atoms with Crippen molar-refractivity contribution in [2.75, 3.05) is 0 Å². The molecule has 0 amide bonds. The topological polar surface area (TPSA) is 49.4 Å². The molecule has 0 aromatic heterocycles. The highest BCUT2D eigenvalue weighted by Gasteiger charge is 2.08. The molecule has 1 atom stereocenters. The summed E-state index contributed by atoms with van der Waals surface area (Å²) < 4.78 is 51.3. The van der Waals surface area contributed by atoms with E-state index in [-0.39, 0.29) is 5.75 Å². The Kier molecular flexibility index (Phi) is 3.69. The second kappa shape index (κ2) is 5.24. The van der Waals surface area contributed by atoms with E-state index in [4.69, 9.17) is 0 Å². The molecular formula is C12H7F2O3S-. The van der Waals surface area contributed by atoms with Crippen molar-refractivity contribution < 1.29 is 21.7 Å². The van der Waals surface area contributed by atoms with E-state index < -0.39 is 23.0 Å². The fourth-order valence-corrected chi connectivity index (χ4v) is 1.79. The predicted molar refractivity (Wildman–Crippen MR) is 61.3 cm³/mol. The van der Waals surface area contributed by atoms with Gasteiger partial charge in [0.1, 0.15) is 28.7 Å². The monoisotopic (exact) mass is 269 g/mol. The molecule has 0 aliphatic rings. The molecule has 94 valence electrons. The van der Waals surface area contributed by atoms with E-state index in [0.717, 1.165) is 6.07 Å². The molecule has 0 spiro atoms. The van der Waals surface area contributed by atoms with Crippen LogP contribution in [0.4, 0.5) is 8.78 Å². The Morgan fingerprint density at radius 3 is 2.22 bits per heavy atom. The standard InChI is InChI=1S/C12H8F2O3S/c13-9-3-1-8(2-4-9)11-6-5-10(14)7-12(11)17-18(15)16/h1-7H,(H,15,16)/p-1. The van der Waals surface area contributed by atoms with E-state index in [2.05, 4.69) is 4.18 Å². The lowest BCUT2D eigenvalue weighted by molar-refractivity contribution is 0.439. The van der Waals surface area contributed by atoms with Gasteiger partial charge < -0.3 is 8.74 Å². The Labute approximate surface area is 105 Å². The highest BCUT2D eigenvalue weighted by molar-refractivity contribution is 7.74. The van der Waals surface area contributed by atoms with Crippen LogP contribution in [0.1, 0.15) is 0 Å². The Morgan fingerprint density at radius 1 is 1.00 bits per heavy atom. The first-order chi connectivity index (χ1) is 8.56. The summed E-state index contributed by atoms with van der Waals surface area (Å²) in [5, 5.41) is 0. The smallest absolute Gasteiger partial charge is 0.149 e. The second-order valence-corrected chi connectivity index (χ2v) is 4.01. The van der Waals surface area contributed by atoms with Crippen LogP contribution in [0, 0.1) is 11.6 Å². The second-order valence-electron chi connectivity index (χ2n) is 3.43. The first-order valence-electron chi connectivity index (χ1n) is 4.89. The average molecular weight is 269 g/mol. The molecule has 18 heavy (non-hydrogen) atoms. The van der Waals surface area contributed by atoms with Crippen molar-refractivity contribution >= 4 is 11.4 Å². The first kappa shape index (κ1) is 12.7. The molecule has 3 nitrogen and oxygen atoms in total. The maximum Gasteiger partial charge on any atom is 0.149 e. The summed E-state index contributed by atoms with van der Waals surface area (Å²) in [7, 11) is 0. The van der Waals surface area contributed by atoms with Crippen molar-refractivity contribution in [3.63, 3.8) is 0 Å². The summed E-state index contributed by atoms with van der Waals surface area (Å²) in [5.41, 5.74) is 0.887. The van der Waals surface area contributed by atoms with Crippen LogP contribution in [0.5, 0.6) is 5.75 Å². The Hall–Kier alpha value is -1.79. The van der Waals surface area contributed by atoms with Crippen LogP contribution < -0.4 is 4.18 Å². The van der Waals surface area contributed by atoms with E-state index in [1.807, 2.05) is 0 Å². The van der Waals surface area contributed by atoms with Gasteiger partial charge in [0.2, 0.25) is 0 Å². The molecule has 2 aromatic carbocycles. The van der Waals surface area contributed by atoms with Gasteiger partial charge in [0.15, 0.2) is 0 Å². The lowest BCUT2D eigenvalue weighted by atomic mass is 10.0. The van der Waals surface area contributed by atoms with Crippen molar-refractivity contribution in [2.45, 2.75) is 0 Å². The normalized spacial score (nSPS) is 12.2. The lowest BCUT2D eigenvalue weighted by Crippen LogP contribution is -2.00. The molecule has 0 fully saturated rings. The van der Waals surface area contributed by atoms with Gasteiger partial charge in [-0.3, -0.25) is 0 Å². The van der Waals surface area contributed by atoms with Gasteiger partial charge in [0, 0.05) is 11.6 Å². The van der Waals surface area contributed by atoms with Crippen molar-refractivity contribution in [1.29, 1.82) is 0 Å². The maximum atomic E-state index is 13.0. The molecule has 0 heterocycles. The minimum absolute atomic E-state index is 0.144. The minimum atomic E-state index is -2.80. The van der Waals surface area contributed by atoms with Crippen LogP contribution in [0.25, 0.3) is 11.1 Å². The molecule has 0 aliphatic carbocycles. The van der Waals surface area contributed by atoms with Crippen LogP contribution >= 0.6 is 0 Å². The van der Waals surface area contributed by atoms with E-state index >= 15 is 0 Å². The van der Waals surface area contributed by atoms with E-state index in [9.17, 15) is 17.5 Å². The maximum absolute atomic E-state index is 13.0. The first-order valence-corrected chi connectivity index (χ1v) is 5.89. The molecule has 0 saturated carbocycles. The third-order valence-corrected chi connectivity index (χ3v) is 2.57. The summed E-state index contributed by atoms with van der Waals surface area (Å²) in [6.07, 6.45) is 0. The quantitative estimate of drug-likeness (QED) is 0.805. The van der Waals surface area contributed by atoms with Crippen molar-refractivity contribution in [3.8, 4) is 16.9 Å². The molecule has 1 unspecified atom stereocenters. The highest BCUT2D eigenvalue weighted by atomic mass is 32.2. The van der Waals surface area contributed by atoms with Crippen LogP contribution in [0.2, 0.25) is 0 Å². The van der Waals surface area contributed by atoms with Gasteiger partial charge in [-0.2, -0.15) is 0 Å². The zero-order valence-corrected chi connectivity index (χ0v) is 9.75. The summed E-state index contributed by atoms with van der Waals surface area (Å²) >= 11 is -2.80. The fraction of sp³-hybridized carbons (Fsp3) is 0. The summed E-state index contributed by atoms with van der Waals surface area (Å²) in [5.74, 6) is -1.19. The number of hydrogen-bond donors (Lipinski definition) is 0. The van der Waals surface area contributed by atoms with Gasteiger partial charge in [-0.25, -0.2) is 13.0 Å². The van der Waals surface area contributed by atoms with Gasteiger partial charge in [-0.05, 0) is 29.8 Å². The summed E-state index contributed by atoms with van der Waals surface area (Å²) in [6.45, 7) is 0. The molecule has 0 bridgehead atoms. The van der Waals surface area contributed by atoms with Crippen molar-refractivity contribution in [3.05, 3.63) is 54.1 Å². The third-order valence-electron chi connectivity index (χ3n) is 2.26. The molecule has 0 aliphatic heterocycles. The predicted octanol–water partition coefficient (Wildman–Crippen LogP) is 2.80. The van der Waals surface area contributed by atoms with Crippen LogP contribution in [0.15, 0.2) is 42.5 Å². The average Bonchev–Trinajstić information content (AvgIpc) is 2.30. The third kappa shape index (κ3) is 2.91. The number of hydrogen-bond acceptors (Lipinski definition) is 3. The minimum Gasteiger partial charge on any atom is -0.740 e. The Morgan fingerprint density at radius 2 is 1.61 bits per heavy atom. The highest BCUT2D eigenvalue weighted by Crippen LogP contribution is 2.31. The lowest BCUT2D eigenvalue weighted by Gasteiger charge is -2.12. The molecule has 0 saturated heterocycles. The van der Waals surface area contributed by atoms with Gasteiger partial charge in [0.25, 0.3) is 0 Å². The largest absolute Gasteiger partial charge is 0.740 e. The molecule has 0 radical (unpaired) electrons. The van der Waals surface area contributed by atoms with Crippen LogP contribution in [-0.2, 0) is 11.4 Å². The van der Waals surface area contributed by atoms with E-state index in [1.54, 1.807) is 0 Å². The van der Waals surface area contributed by atoms with E-state index in [1.165, 1.54) is 36.4 Å². The van der Waals surface area contributed by atoms with Crippen molar-refractivity contribution in [2.24, 2.45) is 0 Å². The Balaban J connectivity index is 2.49. The zero-order chi connectivity index (χ0) is 13.1. The molecule has 2 rings (SSSR count). The number of rotatable bonds is 3. The van der Waals surface area contributed by atoms with Crippen molar-refractivity contribution in [1.82, 2.24) is 0 Å². The molecule has 0 N–H and O–H groups in total. The number of halogens is 2. The summed E-state index contributed by atoms with van der Waals surface area (Å²) in [6, 6.07) is 8.82. The fourth-order valence-electron chi connectivity index (χ4n) is 1.51. The molecular weight excluding hydrogens is 262 g/mol. The molecule has 6 heteroatoms. The zero-order valence-electron chi connectivity index (χ0n) is 8.93. The molecule has 2 aromatic rings. The SMILES string of the molecule is O=S([O-])Oc1cc(F)ccc1-c1ccc(F)cc1. The van der Waals surface area contributed by atoms with Gasteiger partial charge >= 0.3 is 0 Å². The Bertz CT molecular complexity index is 584. The van der Waals surface area contributed by atoms with Crippen LogP contribution in [-0.4, -0.2) is 8.76 Å². The van der Waals surface area contributed by atoms with Gasteiger partial charge in [-0.1, -0.05) is 12.1 Å². The van der Waals surface area contributed by atoms with Gasteiger partial charge in [-0.15, -0.1) is 0 Å². The van der Waals surface area contributed by atoms with E-state index in [0.29, 0.717) is 11.1 Å². The number of benzene rings is 2. The van der Waals surface area contributed by atoms with Crippen LogP contribution in [0.3, 0.4) is 0 Å². The summed E-state index contributed by atoms with van der Waals surface area (Å²) in [4.78, 5) is 0.